The summed E-state index contributed by atoms with van der Waals surface area (Å²) in [4.78, 5) is 25.6. The minimum absolute atomic E-state index is 0.126. The van der Waals surface area contributed by atoms with Gasteiger partial charge < -0.3 is 14.5 Å². The Morgan fingerprint density at radius 2 is 1.94 bits per heavy atom. The molecule has 0 spiro atoms. The summed E-state index contributed by atoms with van der Waals surface area (Å²) >= 11 is 0. The molecule has 2 aromatic carbocycles. The zero-order valence-corrected chi connectivity index (χ0v) is 19.4. The van der Waals surface area contributed by atoms with Gasteiger partial charge in [0.2, 0.25) is 0 Å². The monoisotopic (exact) mass is 445 g/mol. The van der Waals surface area contributed by atoms with Crippen LogP contribution in [0, 0.1) is 6.92 Å². The third-order valence-corrected chi connectivity index (χ3v) is 5.17. The summed E-state index contributed by atoms with van der Waals surface area (Å²) in [6.45, 7) is 9.41. The molecular formula is C26H27N3O4. The molecule has 0 bridgehead atoms. The van der Waals surface area contributed by atoms with Crippen molar-refractivity contribution in [2.75, 3.05) is 5.32 Å². The lowest BCUT2D eigenvalue weighted by molar-refractivity contribution is 0.00706. The number of nitrogens with zero attached hydrogens (tertiary/aromatic N) is 1. The molecule has 170 valence electrons. The van der Waals surface area contributed by atoms with Crippen LogP contribution in [0.25, 0.3) is 22.3 Å². The second-order valence-electron chi connectivity index (χ2n) is 9.11. The third kappa shape index (κ3) is 4.82. The molecule has 7 nitrogen and oxygen atoms in total. The Kier molecular flexibility index (Phi) is 5.80. The first kappa shape index (κ1) is 22.3. The van der Waals surface area contributed by atoms with Gasteiger partial charge in [-0.1, -0.05) is 18.2 Å². The molecule has 1 unspecified atom stereocenters. The van der Waals surface area contributed by atoms with Crippen molar-refractivity contribution in [3.05, 3.63) is 81.8 Å². The number of hydrogen-bond acceptors (Lipinski definition) is 6. The molecule has 7 heteroatoms. The first-order valence-electron chi connectivity index (χ1n) is 10.8. The van der Waals surface area contributed by atoms with E-state index < -0.39 is 11.6 Å². The van der Waals surface area contributed by atoms with E-state index >= 15 is 0 Å². The van der Waals surface area contributed by atoms with Gasteiger partial charge in [0.05, 0.1) is 28.8 Å². The van der Waals surface area contributed by atoms with E-state index in [4.69, 9.17) is 9.15 Å². The van der Waals surface area contributed by atoms with Gasteiger partial charge in [-0.15, -0.1) is 0 Å². The van der Waals surface area contributed by atoms with Gasteiger partial charge in [0.25, 0.3) is 0 Å². The molecule has 1 atom stereocenters. The van der Waals surface area contributed by atoms with E-state index in [2.05, 4.69) is 15.5 Å². The van der Waals surface area contributed by atoms with Crippen molar-refractivity contribution >= 4 is 22.6 Å². The number of aryl methyl sites for hydroxylation is 1. The fourth-order valence-electron chi connectivity index (χ4n) is 3.71. The van der Waals surface area contributed by atoms with Gasteiger partial charge in [-0.3, -0.25) is 9.89 Å². The Morgan fingerprint density at radius 1 is 1.18 bits per heavy atom. The number of esters is 1. The molecule has 4 aromatic rings. The maximum absolute atomic E-state index is 12.9. The van der Waals surface area contributed by atoms with Crippen LogP contribution in [-0.4, -0.2) is 21.8 Å². The van der Waals surface area contributed by atoms with E-state index in [0.717, 1.165) is 11.1 Å². The number of fused-ring (bicyclic) bond motifs is 1. The highest BCUT2D eigenvalue weighted by atomic mass is 16.6. The van der Waals surface area contributed by atoms with E-state index in [1.807, 2.05) is 58.9 Å². The highest BCUT2D eigenvalue weighted by molar-refractivity contribution is 5.96. The number of benzene rings is 2. The average molecular weight is 446 g/mol. The Bertz CT molecular complexity index is 1360. The SMILES string of the molecule is Cc1cc(C(C)Nc2ccccc2C(=O)OC(C)(C)C)c2oc(-c3cn[nH]c3)cc(=O)c2c1. The normalized spacial score (nSPS) is 12.5. The summed E-state index contributed by atoms with van der Waals surface area (Å²) in [5, 5.41) is 10.6. The van der Waals surface area contributed by atoms with Crippen molar-refractivity contribution in [3.63, 3.8) is 0 Å². The second kappa shape index (κ2) is 8.58. The van der Waals surface area contributed by atoms with E-state index in [-0.39, 0.29) is 11.5 Å². The molecule has 4 rings (SSSR count). The van der Waals surface area contributed by atoms with Crippen LogP contribution in [-0.2, 0) is 4.74 Å². The minimum atomic E-state index is -0.602. The number of nitrogens with one attached hydrogen (secondary N) is 2. The van der Waals surface area contributed by atoms with E-state index in [1.54, 1.807) is 24.5 Å². The molecular weight excluding hydrogens is 418 g/mol. The van der Waals surface area contributed by atoms with Crippen molar-refractivity contribution in [1.29, 1.82) is 0 Å². The quantitative estimate of drug-likeness (QED) is 0.387. The number of hydrogen-bond donors (Lipinski definition) is 2. The maximum Gasteiger partial charge on any atom is 0.340 e. The molecule has 2 N–H and O–H groups in total. The molecule has 33 heavy (non-hydrogen) atoms. The van der Waals surface area contributed by atoms with Crippen molar-refractivity contribution in [3.8, 4) is 11.3 Å². The summed E-state index contributed by atoms with van der Waals surface area (Å²) in [5.74, 6) is 0.0355. The van der Waals surface area contributed by atoms with Gasteiger partial charge in [-0.2, -0.15) is 5.10 Å². The molecule has 2 aromatic heterocycles. The van der Waals surface area contributed by atoms with Crippen LogP contribution in [0.3, 0.4) is 0 Å². The van der Waals surface area contributed by atoms with E-state index in [9.17, 15) is 9.59 Å². The van der Waals surface area contributed by atoms with Crippen LogP contribution >= 0.6 is 0 Å². The first-order chi connectivity index (χ1) is 15.6. The molecule has 0 radical (unpaired) electrons. The molecule has 0 aliphatic rings. The standard InChI is InChI=1S/C26H27N3O4/c1-15-10-19(24-20(11-15)22(30)12-23(32-24)17-13-27-28-14-17)16(2)29-21-9-7-6-8-18(21)25(31)33-26(3,4)5/h6-14,16,29H,1-5H3,(H,27,28). The van der Waals surface area contributed by atoms with Gasteiger partial charge in [-0.25, -0.2) is 4.79 Å². The number of rotatable bonds is 5. The van der Waals surface area contributed by atoms with E-state index in [1.165, 1.54) is 6.07 Å². The number of carbonyl (C=O) groups excluding carboxylic acids is 1. The number of carbonyl (C=O) groups is 1. The Morgan fingerprint density at radius 3 is 2.64 bits per heavy atom. The van der Waals surface area contributed by atoms with Crippen LogP contribution in [0.5, 0.6) is 0 Å². The van der Waals surface area contributed by atoms with Crippen molar-refractivity contribution in [2.45, 2.75) is 46.3 Å². The van der Waals surface area contributed by atoms with Crippen molar-refractivity contribution in [1.82, 2.24) is 10.2 Å². The maximum atomic E-state index is 12.9. The highest BCUT2D eigenvalue weighted by Crippen LogP contribution is 2.31. The van der Waals surface area contributed by atoms with Crippen molar-refractivity contribution in [2.24, 2.45) is 0 Å². The fourth-order valence-corrected chi connectivity index (χ4v) is 3.71. The molecule has 0 amide bonds. The lowest BCUT2D eigenvalue weighted by atomic mass is 10.0. The average Bonchev–Trinajstić information content (AvgIpc) is 3.27. The van der Waals surface area contributed by atoms with Gasteiger partial charge >= 0.3 is 5.97 Å². The molecule has 0 aliphatic heterocycles. The zero-order valence-electron chi connectivity index (χ0n) is 19.4. The summed E-state index contributed by atoms with van der Waals surface area (Å²) in [5.41, 5.74) is 3.30. The van der Waals surface area contributed by atoms with Crippen LogP contribution in [0.15, 0.2) is 64.1 Å². The predicted octanol–water partition coefficient (Wildman–Crippen LogP) is 5.62. The predicted molar refractivity (Wildman–Crippen MR) is 128 cm³/mol. The molecule has 0 aliphatic carbocycles. The van der Waals surface area contributed by atoms with Gasteiger partial charge in [0, 0.05) is 23.5 Å². The number of H-pyrrole nitrogens is 1. The minimum Gasteiger partial charge on any atom is -0.456 e. The van der Waals surface area contributed by atoms with Gasteiger partial charge in [-0.05, 0) is 58.4 Å². The van der Waals surface area contributed by atoms with Crippen molar-refractivity contribution < 1.29 is 13.9 Å². The second-order valence-corrected chi connectivity index (χ2v) is 9.11. The summed E-state index contributed by atoms with van der Waals surface area (Å²) < 4.78 is 11.8. The zero-order chi connectivity index (χ0) is 23.8. The number of ether oxygens (including phenoxy) is 1. The van der Waals surface area contributed by atoms with Gasteiger partial charge in [0.15, 0.2) is 5.43 Å². The van der Waals surface area contributed by atoms with Crippen LogP contribution in [0.4, 0.5) is 5.69 Å². The number of aromatic nitrogens is 2. The largest absolute Gasteiger partial charge is 0.456 e. The fraction of sp³-hybridized carbons (Fsp3) is 0.269. The number of anilines is 1. The Balaban J connectivity index is 1.76. The summed E-state index contributed by atoms with van der Waals surface area (Å²) in [6.07, 6.45) is 3.29. The lowest BCUT2D eigenvalue weighted by Gasteiger charge is -2.22. The molecule has 0 fully saturated rings. The Hall–Kier alpha value is -3.87. The lowest BCUT2D eigenvalue weighted by Crippen LogP contribution is -2.24. The molecule has 0 saturated carbocycles. The van der Waals surface area contributed by atoms with E-state index in [0.29, 0.717) is 33.5 Å². The van der Waals surface area contributed by atoms with Crippen LogP contribution < -0.4 is 10.7 Å². The topological polar surface area (TPSA) is 97.2 Å². The summed E-state index contributed by atoms with van der Waals surface area (Å²) in [7, 11) is 0. The van der Waals surface area contributed by atoms with Crippen LogP contribution in [0.1, 0.15) is 55.2 Å². The smallest absolute Gasteiger partial charge is 0.340 e. The number of para-hydroxylation sites is 1. The van der Waals surface area contributed by atoms with Crippen LogP contribution in [0.2, 0.25) is 0 Å². The Labute approximate surface area is 191 Å². The van der Waals surface area contributed by atoms with Gasteiger partial charge in [0.1, 0.15) is 16.9 Å². The number of aromatic amines is 1. The highest BCUT2D eigenvalue weighted by Gasteiger charge is 2.22. The summed E-state index contributed by atoms with van der Waals surface area (Å²) in [6, 6.07) is 12.2. The third-order valence-electron chi connectivity index (χ3n) is 5.17. The molecule has 0 saturated heterocycles. The first-order valence-corrected chi connectivity index (χ1v) is 10.8. The molecule has 2 heterocycles.